The molecule has 0 N–H and O–H groups in total. The normalized spacial score (nSPS) is 19.0. The molecule has 1 nitrogen and oxygen atoms in total. The van der Waals surface area contributed by atoms with Gasteiger partial charge in [0.25, 0.3) is 0 Å². The number of allylic oxidation sites excluding steroid dienone is 2. The molecule has 31 heavy (non-hydrogen) atoms. The summed E-state index contributed by atoms with van der Waals surface area (Å²) in [6.07, 6.45) is 8.73. The zero-order chi connectivity index (χ0) is 20.4. The topological polar surface area (TPSA) is 9.23 Å². The van der Waals surface area contributed by atoms with Crippen molar-refractivity contribution < 1.29 is 4.74 Å². The Morgan fingerprint density at radius 2 is 1.10 bits per heavy atom. The zero-order valence-electron chi connectivity index (χ0n) is 17.0. The van der Waals surface area contributed by atoms with E-state index in [1.165, 1.54) is 49.0 Å². The highest BCUT2D eigenvalue weighted by Gasteiger charge is 2.32. The van der Waals surface area contributed by atoms with Crippen LogP contribution in [0.3, 0.4) is 0 Å². The fourth-order valence-corrected chi connectivity index (χ4v) is 5.31. The minimum absolute atomic E-state index is 0.127. The summed E-state index contributed by atoms with van der Waals surface area (Å²) >= 11 is 0. The lowest BCUT2D eigenvalue weighted by molar-refractivity contribution is 0.269. The molecule has 1 aliphatic carbocycles. The van der Waals surface area contributed by atoms with Gasteiger partial charge in [-0.2, -0.15) is 0 Å². The van der Waals surface area contributed by atoms with E-state index in [9.17, 15) is 0 Å². The molecule has 0 aromatic heterocycles. The van der Waals surface area contributed by atoms with Crippen molar-refractivity contribution in [3.63, 3.8) is 0 Å². The molecule has 2 aliphatic rings. The summed E-state index contributed by atoms with van der Waals surface area (Å²) in [6.45, 7) is 0. The highest BCUT2D eigenvalue weighted by atomic mass is 16.5. The Morgan fingerprint density at radius 1 is 0.516 bits per heavy atom. The number of fused-ring (bicyclic) bond motifs is 9. The molecule has 146 valence electrons. The summed E-state index contributed by atoms with van der Waals surface area (Å²) in [5, 5.41) is 7.86. The number of benzene rings is 5. The van der Waals surface area contributed by atoms with Gasteiger partial charge in [0.05, 0.1) is 0 Å². The molecular weight excluding hydrogens is 376 g/mol. The second-order valence-corrected chi connectivity index (χ2v) is 8.48. The maximum absolute atomic E-state index is 6.14. The van der Waals surface area contributed by atoms with Crippen molar-refractivity contribution in [3.8, 4) is 16.9 Å². The molecule has 1 aliphatic heterocycles. The molecule has 0 amide bonds. The van der Waals surface area contributed by atoms with Crippen LogP contribution in [0.4, 0.5) is 0 Å². The number of hydrogen-bond donors (Lipinski definition) is 0. The molecule has 0 saturated carbocycles. The van der Waals surface area contributed by atoms with Gasteiger partial charge in [-0.1, -0.05) is 85.0 Å². The Balaban J connectivity index is 1.46. The third-order valence-electron chi connectivity index (χ3n) is 6.79. The molecule has 0 fully saturated rings. The largest absolute Gasteiger partial charge is 0.485 e. The third kappa shape index (κ3) is 2.44. The van der Waals surface area contributed by atoms with E-state index >= 15 is 0 Å². The average molecular weight is 396 g/mol. The summed E-state index contributed by atoms with van der Waals surface area (Å²) in [4.78, 5) is 0. The molecule has 5 aromatic carbocycles. The van der Waals surface area contributed by atoms with Gasteiger partial charge in [-0.15, -0.1) is 0 Å². The van der Waals surface area contributed by atoms with Gasteiger partial charge in [0, 0.05) is 11.5 Å². The van der Waals surface area contributed by atoms with Crippen LogP contribution < -0.4 is 4.74 Å². The standard InChI is InChI=1S/C30H20O/c1-2-9-23-21(7-1)22-8-3-4-10-24(22)27-17-19(13-15-25(23)27)20-14-16-30-28(18-20)26-11-5-6-12-29(26)31-30/h1-18,26,29H. The molecule has 2 atom stereocenters. The maximum atomic E-state index is 6.14. The average Bonchev–Trinajstić information content (AvgIpc) is 3.22. The van der Waals surface area contributed by atoms with Gasteiger partial charge in [-0.05, 0) is 67.7 Å². The van der Waals surface area contributed by atoms with Crippen molar-refractivity contribution in [2.75, 3.05) is 0 Å². The summed E-state index contributed by atoms with van der Waals surface area (Å²) in [6, 6.07) is 31.0. The molecule has 0 radical (unpaired) electrons. The lowest BCUT2D eigenvalue weighted by atomic mass is 9.89. The SMILES string of the molecule is C1=CC2Oc3ccc(-c4ccc5c6ccccc6c6ccccc6c5c4)cc3C2C=C1. The first-order chi connectivity index (χ1) is 15.4. The molecule has 2 unspecified atom stereocenters. The fraction of sp³-hybridized carbons (Fsp3) is 0.0667. The second-order valence-electron chi connectivity index (χ2n) is 8.48. The zero-order valence-corrected chi connectivity index (χ0v) is 17.0. The second kappa shape index (κ2) is 6.33. The molecule has 1 heterocycles. The Morgan fingerprint density at radius 3 is 1.84 bits per heavy atom. The Labute approximate surface area is 180 Å². The van der Waals surface area contributed by atoms with Crippen LogP contribution in [0.2, 0.25) is 0 Å². The first-order valence-electron chi connectivity index (χ1n) is 10.9. The van der Waals surface area contributed by atoms with Crippen LogP contribution in [0.5, 0.6) is 5.75 Å². The predicted octanol–water partition coefficient (Wildman–Crippen LogP) is 7.78. The maximum Gasteiger partial charge on any atom is 0.128 e. The highest BCUT2D eigenvalue weighted by molar-refractivity contribution is 6.25. The van der Waals surface area contributed by atoms with E-state index in [1.807, 2.05) is 0 Å². The van der Waals surface area contributed by atoms with Crippen molar-refractivity contribution in [1.82, 2.24) is 0 Å². The minimum Gasteiger partial charge on any atom is -0.485 e. The molecule has 7 rings (SSSR count). The molecule has 0 bridgehead atoms. The van der Waals surface area contributed by atoms with Gasteiger partial charge in [0.1, 0.15) is 11.9 Å². The van der Waals surface area contributed by atoms with E-state index < -0.39 is 0 Å². The van der Waals surface area contributed by atoms with Crippen LogP contribution in [0, 0.1) is 0 Å². The van der Waals surface area contributed by atoms with E-state index in [4.69, 9.17) is 4.74 Å². The van der Waals surface area contributed by atoms with Gasteiger partial charge >= 0.3 is 0 Å². The molecule has 0 saturated heterocycles. The lowest BCUT2D eigenvalue weighted by Gasteiger charge is -2.14. The number of rotatable bonds is 1. The summed E-state index contributed by atoms with van der Waals surface area (Å²) < 4.78 is 6.14. The van der Waals surface area contributed by atoms with Crippen molar-refractivity contribution in [3.05, 3.63) is 115 Å². The van der Waals surface area contributed by atoms with Crippen LogP contribution in [0.25, 0.3) is 43.4 Å². The summed E-state index contributed by atoms with van der Waals surface area (Å²) in [7, 11) is 0. The Hall–Kier alpha value is -3.84. The van der Waals surface area contributed by atoms with Gasteiger partial charge in [-0.3, -0.25) is 0 Å². The first kappa shape index (κ1) is 16.9. The highest BCUT2D eigenvalue weighted by Crippen LogP contribution is 2.43. The minimum atomic E-state index is 0.127. The summed E-state index contributed by atoms with van der Waals surface area (Å²) in [5.41, 5.74) is 3.77. The molecule has 5 aromatic rings. The summed E-state index contributed by atoms with van der Waals surface area (Å²) in [5.74, 6) is 1.32. The van der Waals surface area contributed by atoms with Gasteiger partial charge < -0.3 is 4.74 Å². The lowest BCUT2D eigenvalue weighted by Crippen LogP contribution is -2.15. The van der Waals surface area contributed by atoms with Crippen molar-refractivity contribution in [2.24, 2.45) is 0 Å². The monoisotopic (exact) mass is 396 g/mol. The molecular formula is C30H20O. The van der Waals surface area contributed by atoms with Crippen LogP contribution >= 0.6 is 0 Å². The van der Waals surface area contributed by atoms with Crippen molar-refractivity contribution >= 4 is 32.3 Å². The fourth-order valence-electron chi connectivity index (χ4n) is 5.31. The van der Waals surface area contributed by atoms with E-state index in [0.29, 0.717) is 5.92 Å². The van der Waals surface area contributed by atoms with Gasteiger partial charge in [0.15, 0.2) is 0 Å². The van der Waals surface area contributed by atoms with E-state index in [0.717, 1.165) is 5.75 Å². The van der Waals surface area contributed by atoms with Crippen molar-refractivity contribution in [2.45, 2.75) is 12.0 Å². The van der Waals surface area contributed by atoms with E-state index in [2.05, 4.69) is 109 Å². The van der Waals surface area contributed by atoms with Gasteiger partial charge in [-0.25, -0.2) is 0 Å². The van der Waals surface area contributed by atoms with Crippen LogP contribution in [-0.2, 0) is 0 Å². The smallest absolute Gasteiger partial charge is 0.128 e. The predicted molar refractivity (Wildman–Crippen MR) is 130 cm³/mol. The molecule has 1 heteroatoms. The Bertz CT molecular complexity index is 1540. The Kier molecular flexibility index (Phi) is 3.45. The first-order valence-corrected chi connectivity index (χ1v) is 10.9. The molecule has 0 spiro atoms. The van der Waals surface area contributed by atoms with Gasteiger partial charge in [0.2, 0.25) is 0 Å². The third-order valence-corrected chi connectivity index (χ3v) is 6.79. The van der Waals surface area contributed by atoms with Crippen LogP contribution in [-0.4, -0.2) is 6.10 Å². The van der Waals surface area contributed by atoms with Crippen LogP contribution in [0.1, 0.15) is 11.5 Å². The quantitative estimate of drug-likeness (QED) is 0.263. The van der Waals surface area contributed by atoms with E-state index in [1.54, 1.807) is 0 Å². The van der Waals surface area contributed by atoms with E-state index in [-0.39, 0.29) is 6.10 Å². The number of hydrogen-bond acceptors (Lipinski definition) is 1. The van der Waals surface area contributed by atoms with Crippen LogP contribution in [0.15, 0.2) is 109 Å². The number of ether oxygens (including phenoxy) is 1. The van der Waals surface area contributed by atoms with Crippen molar-refractivity contribution in [1.29, 1.82) is 0 Å².